The van der Waals surface area contributed by atoms with Crippen LogP contribution in [0.2, 0.25) is 0 Å². The van der Waals surface area contributed by atoms with E-state index in [-0.39, 0.29) is 10.9 Å². The molecule has 1 atom stereocenters. The van der Waals surface area contributed by atoms with Gasteiger partial charge in [0.1, 0.15) is 11.5 Å². The summed E-state index contributed by atoms with van der Waals surface area (Å²) >= 11 is 0. The molecule has 0 radical (unpaired) electrons. The van der Waals surface area contributed by atoms with Gasteiger partial charge in [-0.15, -0.1) is 0 Å². The molecular formula is C17H15FN2O3S. The zero-order valence-corrected chi connectivity index (χ0v) is 13.5. The van der Waals surface area contributed by atoms with E-state index in [2.05, 4.69) is 5.16 Å². The van der Waals surface area contributed by atoms with Crippen molar-refractivity contribution in [3.05, 3.63) is 60.0 Å². The molecule has 0 amide bonds. The van der Waals surface area contributed by atoms with Crippen LogP contribution in [-0.2, 0) is 10.0 Å². The van der Waals surface area contributed by atoms with E-state index in [1.807, 2.05) is 18.2 Å². The first-order valence-corrected chi connectivity index (χ1v) is 9.13. The summed E-state index contributed by atoms with van der Waals surface area (Å²) in [7, 11) is -3.71. The molecule has 1 fully saturated rings. The summed E-state index contributed by atoms with van der Waals surface area (Å²) in [4.78, 5) is 0.0867. The minimum Gasteiger partial charge on any atom is -0.356 e. The first-order valence-electron chi connectivity index (χ1n) is 7.69. The van der Waals surface area contributed by atoms with Gasteiger partial charge < -0.3 is 4.52 Å². The second-order valence-electron chi connectivity index (χ2n) is 5.79. The van der Waals surface area contributed by atoms with Gasteiger partial charge in [0.15, 0.2) is 5.58 Å². The number of nitrogens with zero attached hydrogens (tertiary/aromatic N) is 2. The summed E-state index contributed by atoms with van der Waals surface area (Å²) in [6.45, 7) is 0.408. The van der Waals surface area contributed by atoms with Crippen LogP contribution in [0.15, 0.2) is 57.9 Å². The van der Waals surface area contributed by atoms with Gasteiger partial charge >= 0.3 is 0 Å². The number of hydrogen-bond acceptors (Lipinski definition) is 4. The smallest absolute Gasteiger partial charge is 0.243 e. The lowest BCUT2D eigenvalue weighted by atomic mass is 10.1. The fraction of sp³-hybridized carbons (Fsp3) is 0.235. The SMILES string of the molecule is O=S(=O)(c1ccc(F)cc1)N1CCC[C@@H]1c1noc2ccccc12. The van der Waals surface area contributed by atoms with E-state index in [0.717, 1.165) is 23.9 Å². The number of aromatic nitrogens is 1. The fourth-order valence-corrected chi connectivity index (χ4v) is 4.85. The zero-order chi connectivity index (χ0) is 16.7. The molecule has 0 saturated carbocycles. The van der Waals surface area contributed by atoms with Crippen molar-refractivity contribution in [3.8, 4) is 0 Å². The van der Waals surface area contributed by atoms with Crippen molar-refractivity contribution in [1.29, 1.82) is 0 Å². The molecule has 1 aromatic heterocycles. The third kappa shape index (κ3) is 2.40. The molecule has 24 heavy (non-hydrogen) atoms. The van der Waals surface area contributed by atoms with E-state index in [9.17, 15) is 12.8 Å². The highest BCUT2D eigenvalue weighted by Crippen LogP contribution is 2.38. The van der Waals surface area contributed by atoms with E-state index < -0.39 is 15.8 Å². The number of fused-ring (bicyclic) bond motifs is 1. The molecule has 5 nitrogen and oxygen atoms in total. The topological polar surface area (TPSA) is 63.4 Å². The van der Waals surface area contributed by atoms with Crippen molar-refractivity contribution in [3.63, 3.8) is 0 Å². The third-order valence-corrected chi connectivity index (χ3v) is 6.27. The second kappa shape index (κ2) is 5.68. The Hall–Kier alpha value is -2.25. The van der Waals surface area contributed by atoms with Crippen molar-refractivity contribution in [2.75, 3.05) is 6.54 Å². The van der Waals surface area contributed by atoms with Gasteiger partial charge in [-0.1, -0.05) is 17.3 Å². The lowest BCUT2D eigenvalue weighted by Gasteiger charge is -2.22. The first kappa shape index (κ1) is 15.3. The monoisotopic (exact) mass is 346 g/mol. The molecule has 124 valence electrons. The summed E-state index contributed by atoms with van der Waals surface area (Å²) in [5, 5.41) is 4.93. The molecule has 1 saturated heterocycles. The van der Waals surface area contributed by atoms with Crippen molar-refractivity contribution < 1.29 is 17.3 Å². The normalized spacial score (nSPS) is 19.1. The van der Waals surface area contributed by atoms with E-state index in [1.165, 1.54) is 16.4 Å². The predicted octanol–water partition coefficient (Wildman–Crippen LogP) is 3.49. The number of para-hydroxylation sites is 1. The van der Waals surface area contributed by atoms with Crippen molar-refractivity contribution in [2.24, 2.45) is 0 Å². The highest BCUT2D eigenvalue weighted by Gasteiger charge is 2.38. The Balaban J connectivity index is 1.76. The van der Waals surface area contributed by atoms with Gasteiger partial charge in [-0.2, -0.15) is 4.31 Å². The second-order valence-corrected chi connectivity index (χ2v) is 7.68. The van der Waals surface area contributed by atoms with Crippen LogP contribution in [-0.4, -0.2) is 24.4 Å². The predicted molar refractivity (Wildman–Crippen MR) is 86.3 cm³/mol. The maximum atomic E-state index is 13.1. The van der Waals surface area contributed by atoms with Gasteiger partial charge in [0.25, 0.3) is 0 Å². The number of sulfonamides is 1. The fourth-order valence-electron chi connectivity index (χ4n) is 3.19. The lowest BCUT2D eigenvalue weighted by Crippen LogP contribution is -2.31. The van der Waals surface area contributed by atoms with Gasteiger partial charge in [0.05, 0.1) is 10.9 Å². The first-order chi connectivity index (χ1) is 11.6. The maximum Gasteiger partial charge on any atom is 0.243 e. The third-order valence-electron chi connectivity index (χ3n) is 4.34. The van der Waals surface area contributed by atoms with Crippen LogP contribution in [0.4, 0.5) is 4.39 Å². The average molecular weight is 346 g/mol. The quantitative estimate of drug-likeness (QED) is 0.728. The molecule has 2 aromatic carbocycles. The molecule has 1 aliphatic heterocycles. The van der Waals surface area contributed by atoms with Crippen LogP contribution in [0.25, 0.3) is 11.0 Å². The minimum absolute atomic E-state index is 0.0867. The highest BCUT2D eigenvalue weighted by molar-refractivity contribution is 7.89. The Kier molecular flexibility index (Phi) is 3.62. The Morgan fingerprint density at radius 3 is 2.67 bits per heavy atom. The Labute approximate surface area is 138 Å². The molecule has 0 aliphatic carbocycles. The summed E-state index contributed by atoms with van der Waals surface area (Å²) in [5.41, 5.74) is 1.27. The van der Waals surface area contributed by atoms with Crippen LogP contribution >= 0.6 is 0 Å². The van der Waals surface area contributed by atoms with Crippen LogP contribution in [0.5, 0.6) is 0 Å². The van der Waals surface area contributed by atoms with Gasteiger partial charge in [0.2, 0.25) is 10.0 Å². The molecule has 1 aliphatic rings. The zero-order valence-electron chi connectivity index (χ0n) is 12.7. The van der Waals surface area contributed by atoms with E-state index in [1.54, 1.807) is 6.07 Å². The largest absolute Gasteiger partial charge is 0.356 e. The van der Waals surface area contributed by atoms with Crippen LogP contribution < -0.4 is 0 Å². The van der Waals surface area contributed by atoms with Crippen molar-refractivity contribution >= 4 is 21.0 Å². The summed E-state index contributed by atoms with van der Waals surface area (Å²) in [6, 6.07) is 11.9. The van der Waals surface area contributed by atoms with Crippen LogP contribution in [0.1, 0.15) is 24.6 Å². The standard InChI is InChI=1S/C17H15FN2O3S/c18-12-7-9-13(10-8-12)24(21,22)20-11-3-5-15(20)17-14-4-1-2-6-16(14)23-19-17/h1-2,4,6-10,15H,3,5,11H2/t15-/m1/s1. The molecule has 0 bridgehead atoms. The Morgan fingerprint density at radius 2 is 1.88 bits per heavy atom. The molecule has 0 N–H and O–H groups in total. The lowest BCUT2D eigenvalue weighted by molar-refractivity contribution is 0.366. The molecule has 7 heteroatoms. The number of hydrogen-bond donors (Lipinski definition) is 0. The molecule has 0 unspecified atom stereocenters. The number of benzene rings is 2. The molecular weight excluding hydrogens is 331 g/mol. The molecule has 2 heterocycles. The number of halogens is 1. The maximum absolute atomic E-state index is 13.1. The van der Waals surface area contributed by atoms with Gasteiger partial charge in [-0.05, 0) is 49.2 Å². The van der Waals surface area contributed by atoms with E-state index in [4.69, 9.17) is 4.52 Å². The van der Waals surface area contributed by atoms with E-state index in [0.29, 0.717) is 24.2 Å². The van der Waals surface area contributed by atoms with Gasteiger partial charge in [0, 0.05) is 11.9 Å². The average Bonchev–Trinajstić information content (AvgIpc) is 3.22. The summed E-state index contributed by atoms with van der Waals surface area (Å²) < 4.78 is 45.7. The Bertz CT molecular complexity index is 982. The van der Waals surface area contributed by atoms with Crippen LogP contribution in [0, 0.1) is 5.82 Å². The summed E-state index contributed by atoms with van der Waals surface area (Å²) in [6.07, 6.45) is 1.42. The highest BCUT2D eigenvalue weighted by atomic mass is 32.2. The summed E-state index contributed by atoms with van der Waals surface area (Å²) in [5.74, 6) is -0.464. The molecule has 0 spiro atoms. The van der Waals surface area contributed by atoms with Crippen molar-refractivity contribution in [2.45, 2.75) is 23.8 Å². The van der Waals surface area contributed by atoms with Crippen LogP contribution in [0.3, 0.4) is 0 Å². The van der Waals surface area contributed by atoms with E-state index >= 15 is 0 Å². The number of rotatable bonds is 3. The van der Waals surface area contributed by atoms with Crippen molar-refractivity contribution in [1.82, 2.24) is 9.46 Å². The minimum atomic E-state index is -3.71. The van der Waals surface area contributed by atoms with Gasteiger partial charge in [-0.25, -0.2) is 12.8 Å². The molecule has 4 rings (SSSR count). The Morgan fingerprint density at radius 1 is 1.12 bits per heavy atom. The molecule has 3 aromatic rings. The van der Waals surface area contributed by atoms with Gasteiger partial charge in [-0.3, -0.25) is 0 Å².